The van der Waals surface area contributed by atoms with Crippen molar-refractivity contribution in [1.82, 2.24) is 4.98 Å². The highest BCUT2D eigenvalue weighted by molar-refractivity contribution is 9.10. The molecule has 0 spiro atoms. The fourth-order valence-electron chi connectivity index (χ4n) is 1.03. The van der Waals surface area contributed by atoms with Crippen LogP contribution >= 0.6 is 15.9 Å². The average Bonchev–Trinajstić information content (AvgIpc) is 2.18. The van der Waals surface area contributed by atoms with E-state index in [0.29, 0.717) is 13.0 Å². The summed E-state index contributed by atoms with van der Waals surface area (Å²) in [7, 11) is 0. The highest BCUT2D eigenvalue weighted by Gasteiger charge is 1.96. The summed E-state index contributed by atoms with van der Waals surface area (Å²) in [5, 5.41) is 0. The molecule has 0 saturated carbocycles. The first-order valence-electron chi connectivity index (χ1n) is 4.66. The second-order valence-electron chi connectivity index (χ2n) is 2.82. The van der Waals surface area contributed by atoms with Gasteiger partial charge in [-0.25, -0.2) is 4.98 Å². The van der Waals surface area contributed by atoms with E-state index in [0.717, 1.165) is 10.2 Å². The van der Waals surface area contributed by atoms with Gasteiger partial charge in [-0.1, -0.05) is 12.2 Å². The van der Waals surface area contributed by atoms with Gasteiger partial charge in [0.2, 0.25) is 0 Å². The van der Waals surface area contributed by atoms with Crippen molar-refractivity contribution in [2.75, 3.05) is 6.61 Å². The number of esters is 1. The number of aromatic nitrogens is 1. The van der Waals surface area contributed by atoms with E-state index in [2.05, 4.69) is 20.9 Å². The zero-order chi connectivity index (χ0) is 11.1. The molecule has 0 fully saturated rings. The van der Waals surface area contributed by atoms with Gasteiger partial charge in [0.05, 0.1) is 13.0 Å². The van der Waals surface area contributed by atoms with Crippen molar-refractivity contribution in [3.8, 4) is 0 Å². The number of nitrogens with zero attached hydrogens (tertiary/aromatic N) is 1. The Balaban J connectivity index is 2.48. The fourth-order valence-corrected chi connectivity index (χ4v) is 1.41. The third-order valence-electron chi connectivity index (χ3n) is 1.65. The quantitative estimate of drug-likeness (QED) is 0.623. The Morgan fingerprint density at radius 3 is 3.13 bits per heavy atom. The second kappa shape index (κ2) is 6.35. The molecule has 1 rings (SSSR count). The molecule has 0 amide bonds. The van der Waals surface area contributed by atoms with Crippen molar-refractivity contribution in [3.05, 3.63) is 34.6 Å². The predicted molar refractivity (Wildman–Crippen MR) is 62.2 cm³/mol. The maximum atomic E-state index is 11.0. The van der Waals surface area contributed by atoms with Crippen LogP contribution in [0.2, 0.25) is 0 Å². The molecule has 0 N–H and O–H groups in total. The standard InChI is InChI=1S/C11H12BrNO2/c1-2-15-11(14)5-3-4-9-6-7-13-10(12)8-9/h3-4,6-8H,2,5H2,1H3. The summed E-state index contributed by atoms with van der Waals surface area (Å²) in [5.74, 6) is -0.207. The van der Waals surface area contributed by atoms with Crippen molar-refractivity contribution < 1.29 is 9.53 Å². The van der Waals surface area contributed by atoms with Gasteiger partial charge in [-0.3, -0.25) is 4.79 Å². The van der Waals surface area contributed by atoms with E-state index in [1.807, 2.05) is 18.2 Å². The molecule has 1 heterocycles. The van der Waals surface area contributed by atoms with Gasteiger partial charge in [0.1, 0.15) is 4.60 Å². The molecule has 0 aromatic carbocycles. The Morgan fingerprint density at radius 1 is 1.67 bits per heavy atom. The molecule has 0 radical (unpaired) electrons. The van der Waals surface area contributed by atoms with Crippen LogP contribution in [0, 0.1) is 0 Å². The monoisotopic (exact) mass is 269 g/mol. The molecule has 3 nitrogen and oxygen atoms in total. The molecule has 0 bridgehead atoms. The van der Waals surface area contributed by atoms with Crippen LogP contribution in [0.3, 0.4) is 0 Å². The average molecular weight is 270 g/mol. The lowest BCUT2D eigenvalue weighted by Gasteiger charge is -1.97. The van der Waals surface area contributed by atoms with Crippen LogP contribution in [0.15, 0.2) is 29.0 Å². The van der Waals surface area contributed by atoms with Gasteiger partial charge in [-0.05, 0) is 40.5 Å². The smallest absolute Gasteiger partial charge is 0.309 e. The number of ether oxygens (including phenoxy) is 1. The molecule has 15 heavy (non-hydrogen) atoms. The van der Waals surface area contributed by atoms with Crippen LogP contribution in [0.4, 0.5) is 0 Å². The van der Waals surface area contributed by atoms with Crippen LogP contribution < -0.4 is 0 Å². The Bertz CT molecular complexity index is 363. The Morgan fingerprint density at radius 2 is 2.47 bits per heavy atom. The van der Waals surface area contributed by atoms with Crippen LogP contribution in [0.5, 0.6) is 0 Å². The molecule has 0 saturated heterocycles. The van der Waals surface area contributed by atoms with Gasteiger partial charge in [-0.2, -0.15) is 0 Å². The first kappa shape index (κ1) is 11.9. The van der Waals surface area contributed by atoms with Gasteiger partial charge < -0.3 is 4.74 Å². The van der Waals surface area contributed by atoms with Gasteiger partial charge in [0, 0.05) is 6.20 Å². The largest absolute Gasteiger partial charge is 0.466 e. The van der Waals surface area contributed by atoms with E-state index in [4.69, 9.17) is 4.74 Å². The van der Waals surface area contributed by atoms with E-state index < -0.39 is 0 Å². The summed E-state index contributed by atoms with van der Waals surface area (Å²) in [6.45, 7) is 2.22. The highest BCUT2D eigenvalue weighted by atomic mass is 79.9. The molecule has 4 heteroatoms. The van der Waals surface area contributed by atoms with E-state index in [-0.39, 0.29) is 5.97 Å². The Labute approximate surface area is 97.3 Å². The number of carbonyl (C=O) groups is 1. The lowest BCUT2D eigenvalue weighted by Crippen LogP contribution is -2.01. The van der Waals surface area contributed by atoms with Crippen molar-refractivity contribution >= 4 is 28.0 Å². The highest BCUT2D eigenvalue weighted by Crippen LogP contribution is 2.09. The van der Waals surface area contributed by atoms with Gasteiger partial charge >= 0.3 is 5.97 Å². The van der Waals surface area contributed by atoms with E-state index in [1.165, 1.54) is 0 Å². The molecule has 0 atom stereocenters. The Kier molecular flexibility index (Phi) is 5.04. The summed E-state index contributed by atoms with van der Waals surface area (Å²) in [5.41, 5.74) is 1.00. The maximum absolute atomic E-state index is 11.0. The summed E-state index contributed by atoms with van der Waals surface area (Å²) in [6, 6.07) is 3.74. The normalized spacial score (nSPS) is 10.5. The number of hydrogen-bond acceptors (Lipinski definition) is 3. The number of hydrogen-bond donors (Lipinski definition) is 0. The molecule has 1 aromatic heterocycles. The van der Waals surface area contributed by atoms with Crippen LogP contribution in [0.25, 0.3) is 6.08 Å². The predicted octanol–water partition coefficient (Wildman–Crippen LogP) is 2.81. The van der Waals surface area contributed by atoms with Crippen LogP contribution in [-0.2, 0) is 9.53 Å². The Hall–Kier alpha value is -1.16. The lowest BCUT2D eigenvalue weighted by atomic mass is 10.2. The van der Waals surface area contributed by atoms with E-state index >= 15 is 0 Å². The number of carbonyl (C=O) groups excluding carboxylic acids is 1. The van der Waals surface area contributed by atoms with E-state index in [1.54, 1.807) is 19.2 Å². The molecule has 1 aromatic rings. The SMILES string of the molecule is CCOC(=O)CC=Cc1ccnc(Br)c1. The van der Waals surface area contributed by atoms with Crippen LogP contribution in [-0.4, -0.2) is 17.6 Å². The first-order chi connectivity index (χ1) is 7.22. The molecule has 0 aliphatic rings. The van der Waals surface area contributed by atoms with Crippen molar-refractivity contribution in [3.63, 3.8) is 0 Å². The summed E-state index contributed by atoms with van der Waals surface area (Å²) >= 11 is 3.27. The number of pyridine rings is 1. The van der Waals surface area contributed by atoms with E-state index in [9.17, 15) is 4.79 Å². The zero-order valence-corrected chi connectivity index (χ0v) is 10.0. The van der Waals surface area contributed by atoms with Gasteiger partial charge in [-0.15, -0.1) is 0 Å². The number of rotatable bonds is 4. The summed E-state index contributed by atoms with van der Waals surface area (Å²) in [6.07, 6.45) is 5.64. The molecule has 80 valence electrons. The first-order valence-corrected chi connectivity index (χ1v) is 5.45. The third-order valence-corrected chi connectivity index (χ3v) is 2.08. The minimum Gasteiger partial charge on any atom is -0.466 e. The van der Waals surface area contributed by atoms with Crippen molar-refractivity contribution in [2.24, 2.45) is 0 Å². The number of halogens is 1. The van der Waals surface area contributed by atoms with Gasteiger partial charge in [0.15, 0.2) is 0 Å². The summed E-state index contributed by atoms with van der Waals surface area (Å²) in [4.78, 5) is 15.0. The summed E-state index contributed by atoms with van der Waals surface area (Å²) < 4.78 is 5.57. The van der Waals surface area contributed by atoms with Crippen molar-refractivity contribution in [2.45, 2.75) is 13.3 Å². The molecule has 0 aliphatic carbocycles. The fraction of sp³-hybridized carbons (Fsp3) is 0.273. The topological polar surface area (TPSA) is 39.2 Å². The minimum absolute atomic E-state index is 0.207. The molecular weight excluding hydrogens is 258 g/mol. The van der Waals surface area contributed by atoms with Crippen molar-refractivity contribution in [1.29, 1.82) is 0 Å². The zero-order valence-electron chi connectivity index (χ0n) is 8.44. The maximum Gasteiger partial charge on any atom is 0.309 e. The molecular formula is C11H12BrNO2. The third kappa shape index (κ3) is 4.74. The molecule has 0 aliphatic heterocycles. The van der Waals surface area contributed by atoms with Gasteiger partial charge in [0.25, 0.3) is 0 Å². The molecule has 0 unspecified atom stereocenters. The lowest BCUT2D eigenvalue weighted by molar-refractivity contribution is -0.142. The minimum atomic E-state index is -0.207. The van der Waals surface area contributed by atoms with Crippen LogP contribution in [0.1, 0.15) is 18.9 Å². The second-order valence-corrected chi connectivity index (χ2v) is 3.64.